The highest BCUT2D eigenvalue weighted by atomic mass is 19.4. The summed E-state index contributed by atoms with van der Waals surface area (Å²) in [6, 6.07) is 8.24. The molecule has 0 atom stereocenters. The normalized spacial score (nSPS) is 11.7. The first-order valence-electron chi connectivity index (χ1n) is 5.41. The van der Waals surface area contributed by atoms with Crippen molar-refractivity contribution in [3.8, 4) is 0 Å². The minimum atomic E-state index is -4.39. The van der Waals surface area contributed by atoms with Crippen LogP contribution in [0.4, 0.5) is 18.9 Å². The highest BCUT2D eigenvalue weighted by Gasteiger charge is 2.33. The van der Waals surface area contributed by atoms with Gasteiger partial charge in [-0.25, -0.2) is 0 Å². The number of aromatic nitrogens is 2. The second kappa shape index (κ2) is 4.72. The van der Waals surface area contributed by atoms with E-state index in [1.165, 1.54) is 10.9 Å². The predicted octanol–water partition coefficient (Wildman–Crippen LogP) is 2.73. The van der Waals surface area contributed by atoms with Crippen LogP contribution in [0, 0.1) is 0 Å². The van der Waals surface area contributed by atoms with Gasteiger partial charge in [0.1, 0.15) is 0 Å². The van der Waals surface area contributed by atoms with Gasteiger partial charge in [0.2, 0.25) is 0 Å². The summed E-state index contributed by atoms with van der Waals surface area (Å²) >= 11 is 0. The Balaban J connectivity index is 2.03. The third-order valence-electron chi connectivity index (χ3n) is 2.60. The first kappa shape index (κ1) is 12.5. The molecular weight excluding hydrogens is 243 g/mol. The van der Waals surface area contributed by atoms with Crippen LogP contribution in [0.3, 0.4) is 0 Å². The van der Waals surface area contributed by atoms with Gasteiger partial charge in [-0.2, -0.15) is 18.3 Å². The van der Waals surface area contributed by atoms with E-state index in [1.807, 2.05) is 18.2 Å². The molecule has 2 rings (SSSR count). The highest BCUT2D eigenvalue weighted by molar-refractivity contribution is 5.46. The molecule has 2 aromatic rings. The van der Waals surface area contributed by atoms with Crippen molar-refractivity contribution in [2.24, 2.45) is 0 Å². The smallest absolute Gasteiger partial charge is 0.399 e. The van der Waals surface area contributed by atoms with Crippen LogP contribution in [0.25, 0.3) is 0 Å². The SMILES string of the molecule is Nc1ccccc1CCn1ccc(C(F)(F)F)n1. The number of hydrogen-bond acceptors (Lipinski definition) is 2. The standard InChI is InChI=1S/C12H12F3N3/c13-12(14,15)11-6-8-18(17-11)7-5-9-3-1-2-4-10(9)16/h1-4,6,8H,5,7,16H2. The van der Waals surface area contributed by atoms with Crippen molar-refractivity contribution in [2.75, 3.05) is 5.73 Å². The summed E-state index contributed by atoms with van der Waals surface area (Å²) in [5.74, 6) is 0. The maximum Gasteiger partial charge on any atom is 0.435 e. The third kappa shape index (κ3) is 2.82. The van der Waals surface area contributed by atoms with Crippen molar-refractivity contribution in [2.45, 2.75) is 19.1 Å². The number of nitrogens with two attached hydrogens (primary N) is 1. The average molecular weight is 255 g/mol. The lowest BCUT2D eigenvalue weighted by atomic mass is 10.1. The molecule has 0 aliphatic carbocycles. The van der Waals surface area contributed by atoms with Crippen molar-refractivity contribution in [1.29, 1.82) is 0 Å². The second-order valence-electron chi connectivity index (χ2n) is 3.91. The van der Waals surface area contributed by atoms with Crippen molar-refractivity contribution in [1.82, 2.24) is 9.78 Å². The maximum absolute atomic E-state index is 12.3. The Kier molecular flexibility index (Phi) is 3.27. The van der Waals surface area contributed by atoms with Crippen LogP contribution in [0.5, 0.6) is 0 Å². The molecule has 0 aliphatic heterocycles. The van der Waals surface area contributed by atoms with Crippen molar-refractivity contribution in [3.63, 3.8) is 0 Å². The van der Waals surface area contributed by atoms with E-state index in [4.69, 9.17) is 5.73 Å². The number of aryl methyl sites for hydroxylation is 2. The van der Waals surface area contributed by atoms with Gasteiger partial charge in [0.05, 0.1) is 0 Å². The summed E-state index contributed by atoms with van der Waals surface area (Å²) in [6.45, 7) is 0.365. The fourth-order valence-corrected chi connectivity index (χ4v) is 1.63. The van der Waals surface area contributed by atoms with Crippen molar-refractivity contribution in [3.05, 3.63) is 47.8 Å². The molecule has 3 nitrogen and oxygen atoms in total. The molecule has 0 spiro atoms. The number of benzene rings is 1. The third-order valence-corrected chi connectivity index (χ3v) is 2.60. The zero-order chi connectivity index (χ0) is 13.2. The molecule has 6 heteroatoms. The first-order valence-corrected chi connectivity index (χ1v) is 5.41. The number of para-hydroxylation sites is 1. The van der Waals surface area contributed by atoms with Gasteiger partial charge in [-0.15, -0.1) is 0 Å². The van der Waals surface area contributed by atoms with E-state index in [0.29, 0.717) is 18.7 Å². The zero-order valence-electron chi connectivity index (χ0n) is 9.48. The van der Waals surface area contributed by atoms with Crippen LogP contribution >= 0.6 is 0 Å². The molecule has 0 amide bonds. The van der Waals surface area contributed by atoms with Gasteiger partial charge in [0, 0.05) is 18.4 Å². The quantitative estimate of drug-likeness (QED) is 0.857. The van der Waals surface area contributed by atoms with Crippen molar-refractivity contribution < 1.29 is 13.2 Å². The largest absolute Gasteiger partial charge is 0.435 e. The Morgan fingerprint density at radius 3 is 2.50 bits per heavy atom. The molecule has 1 aromatic heterocycles. The predicted molar refractivity (Wildman–Crippen MR) is 61.8 cm³/mol. The molecule has 0 saturated heterocycles. The van der Waals surface area contributed by atoms with E-state index in [-0.39, 0.29) is 0 Å². The van der Waals surface area contributed by atoms with Gasteiger partial charge < -0.3 is 5.73 Å². The van der Waals surface area contributed by atoms with Crippen LogP contribution < -0.4 is 5.73 Å². The zero-order valence-corrected chi connectivity index (χ0v) is 9.48. The summed E-state index contributed by atoms with van der Waals surface area (Å²) in [5, 5.41) is 3.48. The lowest BCUT2D eigenvalue weighted by Crippen LogP contribution is -2.09. The van der Waals surface area contributed by atoms with Gasteiger partial charge in [-0.1, -0.05) is 18.2 Å². The van der Waals surface area contributed by atoms with E-state index in [2.05, 4.69) is 5.10 Å². The van der Waals surface area contributed by atoms with Crippen LogP contribution in [0.1, 0.15) is 11.3 Å². The molecule has 0 aliphatic rings. The summed E-state index contributed by atoms with van der Waals surface area (Å²) in [5.41, 5.74) is 6.42. The summed E-state index contributed by atoms with van der Waals surface area (Å²) < 4.78 is 38.3. The monoisotopic (exact) mass is 255 g/mol. The second-order valence-corrected chi connectivity index (χ2v) is 3.91. The van der Waals surface area contributed by atoms with Gasteiger partial charge in [0.15, 0.2) is 5.69 Å². The van der Waals surface area contributed by atoms with Gasteiger partial charge >= 0.3 is 6.18 Å². The number of nitrogens with zero attached hydrogens (tertiary/aromatic N) is 2. The molecular formula is C12H12F3N3. The molecule has 0 bridgehead atoms. The minimum absolute atomic E-state index is 0.365. The molecule has 1 heterocycles. The minimum Gasteiger partial charge on any atom is -0.399 e. The molecule has 1 aromatic carbocycles. The lowest BCUT2D eigenvalue weighted by molar-refractivity contribution is -0.141. The lowest BCUT2D eigenvalue weighted by Gasteiger charge is -2.05. The fourth-order valence-electron chi connectivity index (χ4n) is 1.63. The van der Waals surface area contributed by atoms with Crippen LogP contribution in [0.2, 0.25) is 0 Å². The highest BCUT2D eigenvalue weighted by Crippen LogP contribution is 2.27. The molecule has 2 N–H and O–H groups in total. The molecule has 0 fully saturated rings. The van der Waals surface area contributed by atoms with Crippen LogP contribution in [0.15, 0.2) is 36.5 Å². The van der Waals surface area contributed by atoms with Gasteiger partial charge in [-0.05, 0) is 24.1 Å². The number of halogens is 3. The van der Waals surface area contributed by atoms with E-state index in [9.17, 15) is 13.2 Å². The Hall–Kier alpha value is -1.98. The first-order chi connectivity index (χ1) is 8.47. The number of alkyl halides is 3. The number of rotatable bonds is 3. The molecule has 0 radical (unpaired) electrons. The molecule has 96 valence electrons. The molecule has 0 unspecified atom stereocenters. The van der Waals surface area contributed by atoms with Gasteiger partial charge in [0.25, 0.3) is 0 Å². The van der Waals surface area contributed by atoms with Crippen LogP contribution in [-0.2, 0) is 19.1 Å². The topological polar surface area (TPSA) is 43.8 Å². The average Bonchev–Trinajstić information content (AvgIpc) is 2.76. The van der Waals surface area contributed by atoms with E-state index in [1.54, 1.807) is 6.07 Å². The summed E-state index contributed by atoms with van der Waals surface area (Å²) in [4.78, 5) is 0. The van der Waals surface area contributed by atoms with E-state index < -0.39 is 11.9 Å². The maximum atomic E-state index is 12.3. The number of hydrogen-bond donors (Lipinski definition) is 1. The van der Waals surface area contributed by atoms with E-state index in [0.717, 1.165) is 11.6 Å². The number of nitrogen functional groups attached to an aromatic ring is 1. The number of anilines is 1. The Morgan fingerprint density at radius 1 is 1.17 bits per heavy atom. The Morgan fingerprint density at radius 2 is 1.89 bits per heavy atom. The Bertz CT molecular complexity index is 531. The summed E-state index contributed by atoms with van der Waals surface area (Å²) in [6.07, 6.45) is -2.52. The molecule has 0 saturated carbocycles. The Labute approximate surface area is 102 Å². The van der Waals surface area contributed by atoms with Crippen molar-refractivity contribution >= 4 is 5.69 Å². The van der Waals surface area contributed by atoms with Gasteiger partial charge in [-0.3, -0.25) is 4.68 Å². The van der Waals surface area contributed by atoms with E-state index >= 15 is 0 Å². The molecule has 18 heavy (non-hydrogen) atoms. The summed E-state index contributed by atoms with van der Waals surface area (Å²) in [7, 11) is 0. The fraction of sp³-hybridized carbons (Fsp3) is 0.250. The van der Waals surface area contributed by atoms with Crippen LogP contribution in [-0.4, -0.2) is 9.78 Å².